The van der Waals surface area contributed by atoms with E-state index in [0.29, 0.717) is 5.92 Å². The van der Waals surface area contributed by atoms with E-state index in [1.807, 2.05) is 11.6 Å². The molecule has 1 aliphatic heterocycles. The summed E-state index contributed by atoms with van der Waals surface area (Å²) in [5.41, 5.74) is 5.79. The third-order valence-corrected chi connectivity index (χ3v) is 4.45. The molecule has 1 aliphatic rings. The molecule has 1 aromatic rings. The van der Waals surface area contributed by atoms with Gasteiger partial charge in [-0.25, -0.2) is 4.98 Å². The van der Waals surface area contributed by atoms with E-state index in [1.54, 1.807) is 11.3 Å². The molecule has 3 nitrogen and oxygen atoms in total. The highest BCUT2D eigenvalue weighted by atomic mass is 32.1. The van der Waals surface area contributed by atoms with Gasteiger partial charge < -0.3 is 5.73 Å². The van der Waals surface area contributed by atoms with Gasteiger partial charge in [-0.05, 0) is 39.3 Å². The molecule has 4 heteroatoms. The maximum absolute atomic E-state index is 5.72. The lowest BCUT2D eigenvalue weighted by Gasteiger charge is -2.33. The minimum Gasteiger partial charge on any atom is -0.330 e. The van der Waals surface area contributed by atoms with Gasteiger partial charge in [0.25, 0.3) is 0 Å². The van der Waals surface area contributed by atoms with Crippen molar-refractivity contribution in [2.24, 2.45) is 11.7 Å². The molecule has 1 fully saturated rings. The summed E-state index contributed by atoms with van der Waals surface area (Å²) in [6.07, 6.45) is 3.11. The fraction of sp³-hybridized carbons (Fsp3) is 0.727. The molecule has 0 bridgehead atoms. The van der Waals surface area contributed by atoms with Crippen LogP contribution in [0.3, 0.4) is 0 Å². The van der Waals surface area contributed by atoms with Gasteiger partial charge in [0.1, 0.15) is 5.01 Å². The first-order chi connectivity index (χ1) is 7.14. The summed E-state index contributed by atoms with van der Waals surface area (Å²) in [5.74, 6) is 0.671. The molecule has 0 amide bonds. The predicted molar refractivity (Wildman–Crippen MR) is 63.9 cm³/mol. The number of rotatable bonds is 3. The van der Waals surface area contributed by atoms with E-state index in [4.69, 9.17) is 5.73 Å². The molecule has 0 radical (unpaired) electrons. The van der Waals surface area contributed by atoms with Crippen molar-refractivity contribution >= 4 is 11.3 Å². The minimum atomic E-state index is 0.0675. The van der Waals surface area contributed by atoms with Crippen molar-refractivity contribution in [3.63, 3.8) is 0 Å². The van der Waals surface area contributed by atoms with Crippen molar-refractivity contribution in [3.05, 3.63) is 16.6 Å². The van der Waals surface area contributed by atoms with Crippen LogP contribution in [0.5, 0.6) is 0 Å². The van der Waals surface area contributed by atoms with Gasteiger partial charge in [-0.15, -0.1) is 11.3 Å². The highest BCUT2D eigenvalue weighted by Gasteiger charge is 2.35. The second-order valence-electron chi connectivity index (χ2n) is 4.73. The summed E-state index contributed by atoms with van der Waals surface area (Å²) >= 11 is 1.74. The quantitative estimate of drug-likeness (QED) is 0.850. The van der Waals surface area contributed by atoms with E-state index in [2.05, 4.69) is 23.7 Å². The molecule has 2 heterocycles. The lowest BCUT2D eigenvalue weighted by atomic mass is 10.0. The third-order valence-electron chi connectivity index (χ3n) is 3.37. The van der Waals surface area contributed by atoms with Crippen LogP contribution in [0.2, 0.25) is 0 Å². The Labute approximate surface area is 95.3 Å². The summed E-state index contributed by atoms with van der Waals surface area (Å²) in [4.78, 5) is 6.93. The zero-order valence-electron chi connectivity index (χ0n) is 9.44. The smallest absolute Gasteiger partial charge is 0.112 e. The van der Waals surface area contributed by atoms with Crippen molar-refractivity contribution in [2.75, 3.05) is 19.6 Å². The van der Waals surface area contributed by atoms with E-state index in [0.717, 1.165) is 19.6 Å². The molecule has 1 saturated heterocycles. The largest absolute Gasteiger partial charge is 0.330 e. The number of hydrogen-bond donors (Lipinski definition) is 1. The van der Waals surface area contributed by atoms with E-state index < -0.39 is 0 Å². The fourth-order valence-corrected chi connectivity index (χ4v) is 2.98. The van der Waals surface area contributed by atoms with Gasteiger partial charge in [0.05, 0.1) is 5.54 Å². The highest BCUT2D eigenvalue weighted by molar-refractivity contribution is 7.09. The second kappa shape index (κ2) is 4.20. The zero-order valence-corrected chi connectivity index (χ0v) is 10.3. The SMILES string of the molecule is CC(C)(c1nccs1)N1CCC(CN)C1. The third kappa shape index (κ3) is 2.07. The topological polar surface area (TPSA) is 42.2 Å². The zero-order chi connectivity index (χ0) is 10.9. The molecule has 84 valence electrons. The summed E-state index contributed by atoms with van der Waals surface area (Å²) in [7, 11) is 0. The van der Waals surface area contributed by atoms with Crippen LogP contribution in [0.1, 0.15) is 25.3 Å². The summed E-state index contributed by atoms with van der Waals surface area (Å²) < 4.78 is 0. The molecule has 1 unspecified atom stereocenters. The molecule has 2 rings (SSSR count). The lowest BCUT2D eigenvalue weighted by Crippen LogP contribution is -2.40. The number of aromatic nitrogens is 1. The van der Waals surface area contributed by atoms with Gasteiger partial charge in [-0.1, -0.05) is 0 Å². The maximum Gasteiger partial charge on any atom is 0.112 e. The van der Waals surface area contributed by atoms with E-state index in [1.165, 1.54) is 11.4 Å². The number of hydrogen-bond acceptors (Lipinski definition) is 4. The van der Waals surface area contributed by atoms with Gasteiger partial charge in [0.2, 0.25) is 0 Å². The monoisotopic (exact) mass is 225 g/mol. The standard InChI is InChI=1S/C11H19N3S/c1-11(2,10-13-4-6-15-10)14-5-3-9(7-12)8-14/h4,6,9H,3,5,7-8,12H2,1-2H3. The molecule has 1 aromatic heterocycles. The Bertz CT molecular complexity index is 308. The van der Waals surface area contributed by atoms with Crippen molar-refractivity contribution in [2.45, 2.75) is 25.8 Å². The Morgan fingerprint density at radius 2 is 2.47 bits per heavy atom. The molecule has 0 aliphatic carbocycles. The Morgan fingerprint density at radius 1 is 1.67 bits per heavy atom. The average Bonchev–Trinajstić information content (AvgIpc) is 2.89. The van der Waals surface area contributed by atoms with E-state index >= 15 is 0 Å². The van der Waals surface area contributed by atoms with Crippen molar-refractivity contribution < 1.29 is 0 Å². The Hall–Kier alpha value is -0.450. The Kier molecular flexibility index (Phi) is 3.09. The molecule has 2 N–H and O–H groups in total. The average molecular weight is 225 g/mol. The van der Waals surface area contributed by atoms with Gasteiger partial charge in [-0.3, -0.25) is 4.90 Å². The predicted octanol–water partition coefficient (Wildman–Crippen LogP) is 1.66. The van der Waals surface area contributed by atoms with Crippen molar-refractivity contribution in [3.8, 4) is 0 Å². The van der Waals surface area contributed by atoms with Crippen molar-refractivity contribution in [1.29, 1.82) is 0 Å². The van der Waals surface area contributed by atoms with Crippen molar-refractivity contribution in [1.82, 2.24) is 9.88 Å². The van der Waals surface area contributed by atoms with Crippen LogP contribution in [0.4, 0.5) is 0 Å². The van der Waals surface area contributed by atoms with Crippen LogP contribution in [0.25, 0.3) is 0 Å². The number of thiazole rings is 1. The summed E-state index contributed by atoms with van der Waals surface area (Å²) in [6.45, 7) is 7.58. The molecule has 0 aromatic carbocycles. The minimum absolute atomic E-state index is 0.0675. The second-order valence-corrected chi connectivity index (χ2v) is 5.63. The van der Waals surface area contributed by atoms with E-state index in [9.17, 15) is 0 Å². The lowest BCUT2D eigenvalue weighted by molar-refractivity contribution is 0.149. The van der Waals surface area contributed by atoms with Crippen LogP contribution < -0.4 is 5.73 Å². The fourth-order valence-electron chi connectivity index (χ4n) is 2.19. The first-order valence-electron chi connectivity index (χ1n) is 5.49. The number of nitrogens with zero attached hydrogens (tertiary/aromatic N) is 2. The first kappa shape index (κ1) is 11.0. The van der Waals surface area contributed by atoms with Crippen LogP contribution in [0.15, 0.2) is 11.6 Å². The van der Waals surface area contributed by atoms with Crippen LogP contribution in [-0.4, -0.2) is 29.5 Å². The normalized spacial score (nSPS) is 23.5. The van der Waals surface area contributed by atoms with E-state index in [-0.39, 0.29) is 5.54 Å². The highest BCUT2D eigenvalue weighted by Crippen LogP contribution is 2.33. The van der Waals surface area contributed by atoms with Crippen LogP contribution >= 0.6 is 11.3 Å². The molecule has 0 spiro atoms. The van der Waals surface area contributed by atoms with Gasteiger partial charge in [-0.2, -0.15) is 0 Å². The Morgan fingerprint density at radius 3 is 3.00 bits per heavy atom. The maximum atomic E-state index is 5.72. The molecular formula is C11H19N3S. The molecule has 0 saturated carbocycles. The van der Waals surface area contributed by atoms with Gasteiger partial charge in [0.15, 0.2) is 0 Å². The van der Waals surface area contributed by atoms with Gasteiger partial charge in [0, 0.05) is 18.1 Å². The molecular weight excluding hydrogens is 206 g/mol. The summed E-state index contributed by atoms with van der Waals surface area (Å²) in [6, 6.07) is 0. The number of likely N-dealkylation sites (tertiary alicyclic amines) is 1. The Balaban J connectivity index is 2.10. The molecule has 15 heavy (non-hydrogen) atoms. The summed E-state index contributed by atoms with van der Waals surface area (Å²) in [5, 5.41) is 3.26. The van der Waals surface area contributed by atoms with Crippen LogP contribution in [0, 0.1) is 5.92 Å². The van der Waals surface area contributed by atoms with Crippen LogP contribution in [-0.2, 0) is 5.54 Å². The number of nitrogens with two attached hydrogens (primary N) is 1. The molecule has 1 atom stereocenters. The first-order valence-corrected chi connectivity index (χ1v) is 6.37. The van der Waals surface area contributed by atoms with Gasteiger partial charge >= 0.3 is 0 Å².